The van der Waals surface area contributed by atoms with Crippen LogP contribution in [0.3, 0.4) is 0 Å². The Morgan fingerprint density at radius 1 is 1.30 bits per heavy atom. The van der Waals surface area contributed by atoms with Gasteiger partial charge in [-0.15, -0.1) is 0 Å². The van der Waals surface area contributed by atoms with Gasteiger partial charge >= 0.3 is 6.09 Å². The number of nitrogens with one attached hydrogen (secondary N) is 2. The summed E-state index contributed by atoms with van der Waals surface area (Å²) in [6.07, 6.45) is -0.427. The van der Waals surface area contributed by atoms with E-state index in [4.69, 9.17) is 4.74 Å². The van der Waals surface area contributed by atoms with Gasteiger partial charge in [0.1, 0.15) is 12.4 Å². The Morgan fingerprint density at radius 3 is 2.80 bits per heavy atom. The molecule has 0 spiro atoms. The number of carbonyl (C=O) groups is 1. The monoisotopic (exact) mass is 292 g/mol. The van der Waals surface area contributed by atoms with Gasteiger partial charge in [-0.1, -0.05) is 30.3 Å². The summed E-state index contributed by atoms with van der Waals surface area (Å²) in [5, 5.41) is 6.48. The third-order valence-corrected chi connectivity index (χ3v) is 3.17. The minimum Gasteiger partial charge on any atom is -0.445 e. The van der Waals surface area contributed by atoms with Crippen LogP contribution in [0, 0.1) is 6.92 Å². The minimum absolute atomic E-state index is 0.274. The minimum atomic E-state index is -0.427. The molecule has 0 saturated carbocycles. The van der Waals surface area contributed by atoms with Crippen LogP contribution in [-0.4, -0.2) is 28.5 Å². The summed E-state index contributed by atoms with van der Waals surface area (Å²) in [5.74, 6) is 0.743. The zero-order valence-electron chi connectivity index (χ0n) is 11.1. The van der Waals surface area contributed by atoms with Gasteiger partial charge in [-0.05, 0) is 12.5 Å². The molecule has 1 heterocycles. The quantitative estimate of drug-likeness (QED) is 0.798. The second kappa shape index (κ2) is 7.44. The Morgan fingerprint density at radius 2 is 2.10 bits per heavy atom. The Labute approximate surface area is 121 Å². The summed E-state index contributed by atoms with van der Waals surface area (Å²) >= 11 is 1.30. The second-order valence-corrected chi connectivity index (χ2v) is 4.81. The van der Waals surface area contributed by atoms with E-state index in [0.717, 1.165) is 16.5 Å². The first-order valence-electron chi connectivity index (χ1n) is 6.23. The first kappa shape index (κ1) is 14.3. The first-order valence-corrected chi connectivity index (χ1v) is 7.00. The van der Waals surface area contributed by atoms with Gasteiger partial charge in [0.05, 0.1) is 0 Å². The molecule has 0 aliphatic carbocycles. The zero-order chi connectivity index (χ0) is 14.2. The molecule has 0 fully saturated rings. The first-order chi connectivity index (χ1) is 9.74. The molecular weight excluding hydrogens is 276 g/mol. The van der Waals surface area contributed by atoms with E-state index in [2.05, 4.69) is 20.0 Å². The molecule has 0 unspecified atom stereocenters. The number of aryl methyl sites for hydroxylation is 1. The number of rotatable bonds is 6. The Balaban J connectivity index is 1.58. The number of aromatic nitrogens is 2. The topological polar surface area (TPSA) is 76.1 Å². The summed E-state index contributed by atoms with van der Waals surface area (Å²) in [4.78, 5) is 15.6. The van der Waals surface area contributed by atoms with Gasteiger partial charge < -0.3 is 15.4 Å². The van der Waals surface area contributed by atoms with Crippen LogP contribution >= 0.6 is 11.5 Å². The molecule has 0 aliphatic rings. The van der Waals surface area contributed by atoms with Gasteiger partial charge in [0.15, 0.2) is 0 Å². The lowest BCUT2D eigenvalue weighted by Crippen LogP contribution is -2.29. The summed E-state index contributed by atoms with van der Waals surface area (Å²) in [7, 11) is 0. The molecule has 0 radical (unpaired) electrons. The van der Waals surface area contributed by atoms with Crippen molar-refractivity contribution in [2.24, 2.45) is 0 Å². The molecule has 0 atom stereocenters. The summed E-state index contributed by atoms with van der Waals surface area (Å²) in [6.45, 7) is 3.15. The lowest BCUT2D eigenvalue weighted by molar-refractivity contribution is 0.140. The van der Waals surface area contributed by atoms with Crippen molar-refractivity contribution in [1.82, 2.24) is 14.7 Å². The van der Waals surface area contributed by atoms with Gasteiger partial charge in [0.2, 0.25) is 5.13 Å². The molecule has 1 aromatic heterocycles. The van der Waals surface area contributed by atoms with Crippen molar-refractivity contribution in [3.8, 4) is 0 Å². The molecule has 7 heteroatoms. The van der Waals surface area contributed by atoms with Crippen LogP contribution in [0.15, 0.2) is 30.3 Å². The molecule has 20 heavy (non-hydrogen) atoms. The number of ether oxygens (including phenoxy) is 1. The number of benzene rings is 1. The standard InChI is InChI=1S/C13H16N4O2S/c1-10-16-12(20-17-10)14-7-8-15-13(18)19-9-11-5-3-2-4-6-11/h2-6H,7-9H2,1H3,(H,15,18)(H,14,16,17). The van der Waals surface area contributed by atoms with E-state index < -0.39 is 6.09 Å². The molecule has 106 valence electrons. The van der Waals surface area contributed by atoms with E-state index >= 15 is 0 Å². The molecule has 0 aliphatic heterocycles. The van der Waals surface area contributed by atoms with Gasteiger partial charge in [-0.3, -0.25) is 0 Å². The largest absolute Gasteiger partial charge is 0.445 e. The molecule has 2 rings (SSSR count). The Bertz CT molecular complexity index is 544. The Hall–Kier alpha value is -2.15. The van der Waals surface area contributed by atoms with E-state index in [1.165, 1.54) is 11.5 Å². The maximum absolute atomic E-state index is 11.4. The van der Waals surface area contributed by atoms with E-state index in [9.17, 15) is 4.79 Å². The highest BCUT2D eigenvalue weighted by atomic mass is 32.1. The van der Waals surface area contributed by atoms with Crippen LogP contribution in [0.2, 0.25) is 0 Å². The number of amides is 1. The predicted octanol–water partition coefficient (Wildman–Crippen LogP) is 2.18. The molecule has 2 aromatic rings. The van der Waals surface area contributed by atoms with Crippen molar-refractivity contribution in [3.05, 3.63) is 41.7 Å². The lowest BCUT2D eigenvalue weighted by atomic mass is 10.2. The van der Waals surface area contributed by atoms with E-state index in [1.54, 1.807) is 0 Å². The third-order valence-electron chi connectivity index (χ3n) is 2.41. The van der Waals surface area contributed by atoms with Crippen LogP contribution in [0.1, 0.15) is 11.4 Å². The van der Waals surface area contributed by atoms with Gasteiger partial charge in [0.25, 0.3) is 0 Å². The molecule has 0 bridgehead atoms. The van der Waals surface area contributed by atoms with Crippen LogP contribution in [0.5, 0.6) is 0 Å². The fourth-order valence-electron chi connectivity index (χ4n) is 1.48. The fourth-order valence-corrected chi connectivity index (χ4v) is 2.08. The van der Waals surface area contributed by atoms with Crippen molar-refractivity contribution in [2.45, 2.75) is 13.5 Å². The van der Waals surface area contributed by atoms with E-state index in [-0.39, 0.29) is 6.61 Å². The van der Waals surface area contributed by atoms with Crippen LogP contribution in [0.25, 0.3) is 0 Å². The smallest absolute Gasteiger partial charge is 0.407 e. The average Bonchev–Trinajstić information content (AvgIpc) is 2.88. The number of hydrogen-bond donors (Lipinski definition) is 2. The molecule has 1 aromatic carbocycles. The SMILES string of the molecule is Cc1nsc(NCCNC(=O)OCc2ccccc2)n1. The number of anilines is 1. The highest BCUT2D eigenvalue weighted by Gasteiger charge is 2.02. The number of alkyl carbamates (subject to hydrolysis) is 1. The normalized spacial score (nSPS) is 10.1. The molecule has 2 N–H and O–H groups in total. The average molecular weight is 292 g/mol. The zero-order valence-corrected chi connectivity index (χ0v) is 11.9. The molecule has 6 nitrogen and oxygen atoms in total. The van der Waals surface area contributed by atoms with Crippen LogP contribution < -0.4 is 10.6 Å². The van der Waals surface area contributed by atoms with Crippen LogP contribution in [-0.2, 0) is 11.3 Å². The van der Waals surface area contributed by atoms with Crippen molar-refractivity contribution in [3.63, 3.8) is 0 Å². The second-order valence-electron chi connectivity index (χ2n) is 4.06. The van der Waals surface area contributed by atoms with Gasteiger partial charge in [0, 0.05) is 24.6 Å². The highest BCUT2D eigenvalue weighted by Crippen LogP contribution is 2.08. The number of nitrogens with zero attached hydrogens (tertiary/aromatic N) is 2. The van der Waals surface area contributed by atoms with Gasteiger partial charge in [-0.2, -0.15) is 4.37 Å². The van der Waals surface area contributed by atoms with Crippen molar-refractivity contribution >= 4 is 22.8 Å². The fraction of sp³-hybridized carbons (Fsp3) is 0.308. The number of hydrogen-bond acceptors (Lipinski definition) is 6. The van der Waals surface area contributed by atoms with Crippen molar-refractivity contribution in [1.29, 1.82) is 0 Å². The van der Waals surface area contributed by atoms with E-state index in [1.807, 2.05) is 37.3 Å². The van der Waals surface area contributed by atoms with Crippen molar-refractivity contribution < 1.29 is 9.53 Å². The van der Waals surface area contributed by atoms with Crippen molar-refractivity contribution in [2.75, 3.05) is 18.4 Å². The third kappa shape index (κ3) is 4.85. The highest BCUT2D eigenvalue weighted by molar-refractivity contribution is 7.09. The summed E-state index contributed by atoms with van der Waals surface area (Å²) in [6, 6.07) is 9.55. The maximum atomic E-state index is 11.4. The lowest BCUT2D eigenvalue weighted by Gasteiger charge is -2.07. The molecule has 0 saturated heterocycles. The predicted molar refractivity (Wildman–Crippen MR) is 77.8 cm³/mol. The molecular formula is C13H16N4O2S. The Kier molecular flexibility index (Phi) is 5.31. The summed E-state index contributed by atoms with van der Waals surface area (Å²) in [5.41, 5.74) is 0.963. The number of carbonyl (C=O) groups excluding carboxylic acids is 1. The maximum Gasteiger partial charge on any atom is 0.407 e. The van der Waals surface area contributed by atoms with Gasteiger partial charge in [-0.25, -0.2) is 9.78 Å². The summed E-state index contributed by atoms with van der Waals surface area (Å²) < 4.78 is 9.13. The van der Waals surface area contributed by atoms with E-state index in [0.29, 0.717) is 13.1 Å². The van der Waals surface area contributed by atoms with Crippen LogP contribution in [0.4, 0.5) is 9.93 Å². The molecule has 1 amide bonds.